The summed E-state index contributed by atoms with van der Waals surface area (Å²) in [6, 6.07) is 0. The highest BCUT2D eigenvalue weighted by molar-refractivity contribution is 7.60. The summed E-state index contributed by atoms with van der Waals surface area (Å²) in [5.41, 5.74) is 0. The number of aliphatic hydroxyl groups is 4. The summed E-state index contributed by atoms with van der Waals surface area (Å²) in [6.45, 7) is -0.820. The van der Waals surface area contributed by atoms with E-state index in [1.165, 1.54) is 0 Å². The van der Waals surface area contributed by atoms with Crippen LogP contribution in [0.15, 0.2) is 0 Å². The molecule has 1 fully saturated rings. The maximum atomic E-state index is 11.2. The zero-order valence-corrected chi connectivity index (χ0v) is 11.4. The Bertz CT molecular complexity index is 418. The number of ether oxygens (including phenoxy) is 1. The van der Waals surface area contributed by atoms with Gasteiger partial charge in [0.15, 0.2) is 6.29 Å². The molecule has 1 aliphatic rings. The summed E-state index contributed by atoms with van der Waals surface area (Å²) in [6.07, 6.45) is -9.12. The van der Waals surface area contributed by atoms with Gasteiger partial charge in [-0.15, -0.1) is 0 Å². The predicted molar refractivity (Wildman–Crippen MR) is 57.8 cm³/mol. The van der Waals surface area contributed by atoms with Crippen molar-refractivity contribution < 1.29 is 57.8 Å². The Labute approximate surface area is 112 Å². The van der Waals surface area contributed by atoms with Gasteiger partial charge in [-0.2, -0.15) is 4.31 Å². The Kier molecular flexibility index (Phi) is 5.83. The lowest BCUT2D eigenvalue weighted by atomic mass is 10.00. The Morgan fingerprint density at radius 1 is 1.00 bits per heavy atom. The molecule has 0 saturated carbocycles. The van der Waals surface area contributed by atoms with Gasteiger partial charge >= 0.3 is 15.6 Å². The standard InChI is InChI=1S/C6H14O12P2/c7-1-2-3(8)4(9)5(10)6(16-2)17-20(14,15)18-19(11,12)13/h2-10H,1H2,(H,14,15)(H2,11,12,13)/t2-,3?,4+,5-,6-/m1/s1. The fourth-order valence-electron chi connectivity index (χ4n) is 1.44. The van der Waals surface area contributed by atoms with E-state index in [1.807, 2.05) is 0 Å². The molecule has 1 saturated heterocycles. The summed E-state index contributed by atoms with van der Waals surface area (Å²) in [5, 5.41) is 37.1. The van der Waals surface area contributed by atoms with Crippen molar-refractivity contribution in [2.24, 2.45) is 0 Å². The molecular formula is C6H14O12P2. The molecule has 1 aliphatic heterocycles. The first-order chi connectivity index (χ1) is 8.97. The van der Waals surface area contributed by atoms with Crippen molar-refractivity contribution >= 4 is 15.6 Å². The second-order valence-corrected chi connectivity index (χ2v) is 6.63. The molecule has 14 heteroatoms. The van der Waals surface area contributed by atoms with Crippen LogP contribution in [-0.4, -0.2) is 72.4 Å². The number of rotatable bonds is 5. The molecule has 0 radical (unpaired) electrons. The van der Waals surface area contributed by atoms with Crippen LogP contribution in [0.2, 0.25) is 0 Å². The van der Waals surface area contributed by atoms with Crippen LogP contribution in [0.5, 0.6) is 0 Å². The molecule has 12 nitrogen and oxygen atoms in total. The molecule has 0 bridgehead atoms. The lowest BCUT2D eigenvalue weighted by Gasteiger charge is -2.39. The number of aliphatic hydroxyl groups excluding tert-OH is 4. The van der Waals surface area contributed by atoms with E-state index in [2.05, 4.69) is 13.6 Å². The van der Waals surface area contributed by atoms with E-state index in [9.17, 15) is 24.4 Å². The minimum absolute atomic E-state index is 0.820. The second kappa shape index (κ2) is 6.44. The fraction of sp³-hybridized carbons (Fsp3) is 1.00. The Morgan fingerprint density at radius 2 is 1.55 bits per heavy atom. The van der Waals surface area contributed by atoms with E-state index in [-0.39, 0.29) is 0 Å². The van der Waals surface area contributed by atoms with Gasteiger partial charge < -0.3 is 39.8 Å². The van der Waals surface area contributed by atoms with E-state index in [4.69, 9.17) is 19.8 Å². The van der Waals surface area contributed by atoms with Crippen molar-refractivity contribution in [1.82, 2.24) is 0 Å². The molecule has 1 heterocycles. The SMILES string of the molecule is O=P(O)(O)OP(=O)(O)O[C@H]1O[C@H](CO)C(O)[C@H](O)[C@H]1O. The van der Waals surface area contributed by atoms with Crippen molar-refractivity contribution in [3.8, 4) is 0 Å². The first-order valence-corrected chi connectivity index (χ1v) is 8.08. The first kappa shape index (κ1) is 18.1. The van der Waals surface area contributed by atoms with Crippen molar-refractivity contribution in [3.05, 3.63) is 0 Å². The van der Waals surface area contributed by atoms with Crippen LogP contribution >= 0.6 is 15.6 Å². The molecule has 0 aromatic carbocycles. The maximum absolute atomic E-state index is 11.2. The van der Waals surface area contributed by atoms with E-state index >= 15 is 0 Å². The van der Waals surface area contributed by atoms with Crippen molar-refractivity contribution in [3.63, 3.8) is 0 Å². The Balaban J connectivity index is 2.80. The van der Waals surface area contributed by atoms with Gasteiger partial charge in [-0.1, -0.05) is 0 Å². The fourth-order valence-corrected chi connectivity index (χ4v) is 3.11. The van der Waals surface area contributed by atoms with Crippen molar-refractivity contribution in [1.29, 1.82) is 0 Å². The van der Waals surface area contributed by atoms with Gasteiger partial charge in [0.05, 0.1) is 6.61 Å². The summed E-state index contributed by atoms with van der Waals surface area (Å²) in [7, 11) is -10.7. The Hall–Kier alpha value is 0.0600. The van der Waals surface area contributed by atoms with Crippen molar-refractivity contribution in [2.75, 3.05) is 6.61 Å². The first-order valence-electron chi connectivity index (χ1n) is 5.05. The minimum Gasteiger partial charge on any atom is -0.394 e. The Morgan fingerprint density at radius 3 is 2.00 bits per heavy atom. The lowest BCUT2D eigenvalue weighted by molar-refractivity contribution is -0.280. The molecule has 1 rings (SSSR count). The number of phosphoric acid groups is 2. The third-order valence-corrected chi connectivity index (χ3v) is 4.45. The van der Waals surface area contributed by atoms with Crippen molar-refractivity contribution in [2.45, 2.75) is 30.7 Å². The lowest BCUT2D eigenvalue weighted by Crippen LogP contribution is -2.58. The number of hydrogen-bond donors (Lipinski definition) is 7. The largest absolute Gasteiger partial charge is 0.483 e. The number of hydrogen-bond acceptors (Lipinski definition) is 9. The molecule has 0 aliphatic carbocycles. The molecule has 2 unspecified atom stereocenters. The highest BCUT2D eigenvalue weighted by Gasteiger charge is 2.47. The summed E-state index contributed by atoms with van der Waals surface area (Å²) >= 11 is 0. The molecule has 0 aromatic heterocycles. The van der Waals surface area contributed by atoms with Gasteiger partial charge in [-0.25, -0.2) is 9.13 Å². The monoisotopic (exact) mass is 340 g/mol. The second-order valence-electron chi connectivity index (χ2n) is 3.84. The molecule has 20 heavy (non-hydrogen) atoms. The van der Waals surface area contributed by atoms with Gasteiger partial charge in [0.2, 0.25) is 0 Å². The molecule has 0 amide bonds. The third-order valence-electron chi connectivity index (χ3n) is 2.30. The van der Waals surface area contributed by atoms with Gasteiger partial charge in [-0.3, -0.25) is 4.52 Å². The van der Waals surface area contributed by atoms with Crippen LogP contribution in [0.4, 0.5) is 0 Å². The van der Waals surface area contributed by atoms with E-state index in [0.29, 0.717) is 0 Å². The third kappa shape index (κ3) is 4.81. The average molecular weight is 340 g/mol. The van der Waals surface area contributed by atoms with E-state index < -0.39 is 53.0 Å². The average Bonchev–Trinajstić information content (AvgIpc) is 2.26. The minimum atomic E-state index is -5.36. The van der Waals surface area contributed by atoms with Gasteiger partial charge in [0, 0.05) is 0 Å². The highest BCUT2D eigenvalue weighted by atomic mass is 31.3. The van der Waals surface area contributed by atoms with E-state index in [1.54, 1.807) is 0 Å². The normalized spacial score (nSPS) is 38.5. The van der Waals surface area contributed by atoms with Crippen LogP contribution in [0, 0.1) is 0 Å². The van der Waals surface area contributed by atoms with Gasteiger partial charge in [0.25, 0.3) is 0 Å². The highest BCUT2D eigenvalue weighted by Crippen LogP contribution is 2.58. The number of phosphoric ester groups is 1. The van der Waals surface area contributed by atoms with Crippen LogP contribution in [0.25, 0.3) is 0 Å². The smallest absolute Gasteiger partial charge is 0.394 e. The zero-order valence-electron chi connectivity index (χ0n) is 9.66. The molecule has 0 spiro atoms. The summed E-state index contributed by atoms with van der Waals surface area (Å²) in [5.74, 6) is 0. The zero-order chi connectivity index (χ0) is 15.7. The predicted octanol–water partition coefficient (Wildman–Crippen LogP) is -2.99. The van der Waals surface area contributed by atoms with Crippen LogP contribution in [-0.2, 0) is 22.7 Å². The quantitative estimate of drug-likeness (QED) is 0.250. The molecule has 120 valence electrons. The maximum Gasteiger partial charge on any atom is 0.483 e. The molecular weight excluding hydrogens is 326 g/mol. The van der Waals surface area contributed by atoms with E-state index in [0.717, 1.165) is 0 Å². The van der Waals surface area contributed by atoms with Crippen LogP contribution in [0.3, 0.4) is 0 Å². The molecule has 6 atom stereocenters. The van der Waals surface area contributed by atoms with Crippen LogP contribution in [0.1, 0.15) is 0 Å². The molecule has 7 N–H and O–H groups in total. The summed E-state index contributed by atoms with van der Waals surface area (Å²) in [4.78, 5) is 25.8. The van der Waals surface area contributed by atoms with Crippen LogP contribution < -0.4 is 0 Å². The molecule has 0 aromatic rings. The summed E-state index contributed by atoms with van der Waals surface area (Å²) < 4.78 is 34.0. The van der Waals surface area contributed by atoms with Gasteiger partial charge in [-0.05, 0) is 0 Å². The van der Waals surface area contributed by atoms with Gasteiger partial charge in [0.1, 0.15) is 24.4 Å². The topological polar surface area (TPSA) is 203 Å².